The van der Waals surface area contributed by atoms with E-state index in [1.54, 1.807) is 36.4 Å². The zero-order valence-electron chi connectivity index (χ0n) is 15.6. The smallest absolute Gasteiger partial charge is 0.307 e. The molecule has 0 aliphatic rings. The van der Waals surface area contributed by atoms with Gasteiger partial charge in [0.15, 0.2) is 0 Å². The quantitative estimate of drug-likeness (QED) is 0.475. The largest absolute Gasteiger partial charge is 0.379 e. The molecule has 0 aromatic heterocycles. The Morgan fingerprint density at radius 1 is 0.500 bits per heavy atom. The fourth-order valence-corrected chi connectivity index (χ4v) is 2.60. The van der Waals surface area contributed by atoms with Crippen LogP contribution in [-0.4, -0.2) is 36.8 Å². The van der Waals surface area contributed by atoms with E-state index in [2.05, 4.69) is 0 Å². The average Bonchev–Trinajstić information content (AvgIpc) is 2.69. The van der Waals surface area contributed by atoms with Crippen molar-refractivity contribution in [2.75, 3.05) is 13.1 Å². The fourth-order valence-electron chi connectivity index (χ4n) is 2.60. The Morgan fingerprint density at radius 3 is 1.10 bits per heavy atom. The summed E-state index contributed by atoms with van der Waals surface area (Å²) in [6.07, 6.45) is 0. The number of rotatable bonds is 11. The molecule has 0 aliphatic heterocycles. The molecule has 0 fully saturated rings. The zero-order valence-corrected chi connectivity index (χ0v) is 15.6. The third kappa shape index (κ3) is 5.28. The van der Waals surface area contributed by atoms with Crippen molar-refractivity contribution in [3.8, 4) is 0 Å². The molecule has 2 aromatic rings. The lowest BCUT2D eigenvalue weighted by Crippen LogP contribution is -2.66. The van der Waals surface area contributed by atoms with Crippen LogP contribution in [0.25, 0.3) is 0 Å². The summed E-state index contributed by atoms with van der Waals surface area (Å²) in [5, 5.41) is 3.82. The molecule has 30 heavy (non-hydrogen) atoms. The first-order valence-electron chi connectivity index (χ1n) is 8.91. The highest BCUT2D eigenvalue weighted by molar-refractivity contribution is 5.15. The van der Waals surface area contributed by atoms with Gasteiger partial charge < -0.3 is 10.6 Å². The van der Waals surface area contributed by atoms with Gasteiger partial charge in [-0.1, -0.05) is 60.7 Å². The minimum atomic E-state index is -6.29. The van der Waals surface area contributed by atoms with Crippen molar-refractivity contribution in [2.45, 2.75) is 36.8 Å². The molecule has 0 saturated heterocycles. The first-order valence-corrected chi connectivity index (χ1v) is 8.91. The Kier molecular flexibility index (Phi) is 7.46. The molecule has 0 aliphatic carbocycles. The van der Waals surface area contributed by atoms with Crippen LogP contribution in [0.4, 0.5) is 35.1 Å². The van der Waals surface area contributed by atoms with Crippen molar-refractivity contribution >= 4 is 0 Å². The second-order valence-corrected chi connectivity index (χ2v) is 6.74. The number of benzene rings is 2. The minimum Gasteiger partial charge on any atom is -0.307 e. The molecule has 0 amide bonds. The highest BCUT2D eigenvalue weighted by Gasteiger charge is 2.79. The molecule has 0 bridgehead atoms. The molecule has 0 heterocycles. The maximum absolute atomic E-state index is 13.9. The second-order valence-electron chi connectivity index (χ2n) is 6.74. The second kappa shape index (κ2) is 9.30. The van der Waals surface area contributed by atoms with Crippen LogP contribution in [-0.2, 0) is 13.1 Å². The summed E-state index contributed by atoms with van der Waals surface area (Å²) in [7, 11) is 0. The molecule has 10 heteroatoms. The molecule has 0 saturated carbocycles. The standard InChI is InChI=1S/C20H20F8N2/c21-17(22,13-29-11-15-7-3-1-4-8-15)19(25,26)20(27,28)18(23,24)14-30-12-16-9-5-2-6-10-16/h1-10,29-30H,11-14H2. The van der Waals surface area contributed by atoms with Gasteiger partial charge in [-0.05, 0) is 11.1 Å². The van der Waals surface area contributed by atoms with Crippen LogP contribution in [0, 0.1) is 0 Å². The van der Waals surface area contributed by atoms with E-state index in [9.17, 15) is 35.1 Å². The lowest BCUT2D eigenvalue weighted by Gasteiger charge is -2.37. The number of hydrogen-bond acceptors (Lipinski definition) is 2. The molecular formula is C20H20F8N2. The van der Waals surface area contributed by atoms with Crippen LogP contribution in [0.5, 0.6) is 0 Å². The van der Waals surface area contributed by atoms with E-state index in [1.807, 2.05) is 10.6 Å². The normalized spacial score (nSPS) is 13.5. The summed E-state index contributed by atoms with van der Waals surface area (Å²) in [6, 6.07) is 15.4. The summed E-state index contributed by atoms with van der Waals surface area (Å²) < 4.78 is 111. The highest BCUT2D eigenvalue weighted by atomic mass is 19.4. The third-order valence-corrected chi connectivity index (χ3v) is 4.35. The van der Waals surface area contributed by atoms with Gasteiger partial charge in [0.1, 0.15) is 0 Å². The maximum Gasteiger partial charge on any atom is 0.379 e. The molecule has 0 unspecified atom stereocenters. The van der Waals surface area contributed by atoms with E-state index in [0.29, 0.717) is 11.1 Å². The van der Waals surface area contributed by atoms with Gasteiger partial charge in [0, 0.05) is 13.1 Å². The van der Waals surface area contributed by atoms with Crippen molar-refractivity contribution in [1.29, 1.82) is 0 Å². The van der Waals surface area contributed by atoms with E-state index in [-0.39, 0.29) is 13.1 Å². The zero-order chi connectivity index (χ0) is 22.5. The van der Waals surface area contributed by atoms with Crippen LogP contribution in [0.15, 0.2) is 60.7 Å². The Morgan fingerprint density at radius 2 is 0.800 bits per heavy atom. The lowest BCUT2D eigenvalue weighted by atomic mass is 9.98. The summed E-state index contributed by atoms with van der Waals surface area (Å²) in [4.78, 5) is 0. The first kappa shape index (κ1) is 24.1. The Labute approximate surface area is 168 Å². The summed E-state index contributed by atoms with van der Waals surface area (Å²) in [5.74, 6) is -23.4. The predicted octanol–water partition coefficient (Wildman–Crippen LogP) is 5.11. The SMILES string of the molecule is FC(F)(CNCc1ccccc1)C(F)(F)C(F)(F)C(F)(F)CNCc1ccccc1. The van der Waals surface area contributed by atoms with Gasteiger partial charge in [0.2, 0.25) is 0 Å². The minimum absolute atomic E-state index is 0.326. The molecule has 0 radical (unpaired) electrons. The van der Waals surface area contributed by atoms with Gasteiger partial charge in [0.25, 0.3) is 0 Å². The van der Waals surface area contributed by atoms with Gasteiger partial charge >= 0.3 is 23.7 Å². The maximum atomic E-state index is 13.9. The van der Waals surface area contributed by atoms with Crippen molar-refractivity contribution in [3.63, 3.8) is 0 Å². The van der Waals surface area contributed by atoms with E-state index in [0.717, 1.165) is 0 Å². The van der Waals surface area contributed by atoms with Crippen LogP contribution in [0.3, 0.4) is 0 Å². The van der Waals surface area contributed by atoms with Gasteiger partial charge in [-0.15, -0.1) is 0 Å². The van der Waals surface area contributed by atoms with E-state index >= 15 is 0 Å². The van der Waals surface area contributed by atoms with Crippen molar-refractivity contribution < 1.29 is 35.1 Å². The monoisotopic (exact) mass is 440 g/mol. The van der Waals surface area contributed by atoms with Crippen LogP contribution < -0.4 is 10.6 Å². The third-order valence-electron chi connectivity index (χ3n) is 4.35. The molecule has 0 spiro atoms. The fraction of sp³-hybridized carbons (Fsp3) is 0.400. The number of hydrogen-bond donors (Lipinski definition) is 2. The van der Waals surface area contributed by atoms with E-state index in [4.69, 9.17) is 0 Å². The molecular weight excluding hydrogens is 420 g/mol. The molecule has 2 aromatic carbocycles. The van der Waals surface area contributed by atoms with E-state index in [1.165, 1.54) is 24.3 Å². The van der Waals surface area contributed by atoms with E-state index < -0.39 is 36.8 Å². The Balaban J connectivity index is 2.01. The first-order chi connectivity index (χ1) is 13.9. The van der Waals surface area contributed by atoms with Gasteiger partial charge in [0.05, 0.1) is 13.1 Å². The van der Waals surface area contributed by atoms with Crippen LogP contribution >= 0.6 is 0 Å². The van der Waals surface area contributed by atoms with Gasteiger partial charge in [-0.25, -0.2) is 0 Å². The summed E-state index contributed by atoms with van der Waals surface area (Å²) >= 11 is 0. The predicted molar refractivity (Wildman–Crippen MR) is 96.1 cm³/mol. The van der Waals surface area contributed by atoms with Crippen molar-refractivity contribution in [2.24, 2.45) is 0 Å². The molecule has 166 valence electrons. The molecule has 2 N–H and O–H groups in total. The average molecular weight is 440 g/mol. The molecule has 0 atom stereocenters. The number of alkyl halides is 8. The summed E-state index contributed by atoms with van der Waals surface area (Å²) in [5.41, 5.74) is 0.859. The summed E-state index contributed by atoms with van der Waals surface area (Å²) in [6.45, 7) is -4.46. The Hall–Kier alpha value is -2.20. The van der Waals surface area contributed by atoms with Crippen molar-refractivity contribution in [3.05, 3.63) is 71.8 Å². The molecule has 2 rings (SSSR count). The topological polar surface area (TPSA) is 24.1 Å². The Bertz CT molecular complexity index is 714. The van der Waals surface area contributed by atoms with Crippen LogP contribution in [0.2, 0.25) is 0 Å². The molecule has 2 nitrogen and oxygen atoms in total. The number of nitrogens with one attached hydrogen (secondary N) is 2. The highest BCUT2D eigenvalue weighted by Crippen LogP contribution is 2.52. The van der Waals surface area contributed by atoms with Crippen LogP contribution in [0.1, 0.15) is 11.1 Å². The number of halogens is 8. The van der Waals surface area contributed by atoms with Gasteiger partial charge in [-0.3, -0.25) is 0 Å². The van der Waals surface area contributed by atoms with Gasteiger partial charge in [-0.2, -0.15) is 35.1 Å². The van der Waals surface area contributed by atoms with Crippen molar-refractivity contribution in [1.82, 2.24) is 10.6 Å². The lowest BCUT2D eigenvalue weighted by molar-refractivity contribution is -0.362.